The van der Waals surface area contributed by atoms with Crippen molar-refractivity contribution < 1.29 is 22.7 Å². The Morgan fingerprint density at radius 3 is 2.22 bits per heavy atom. The van der Waals surface area contributed by atoms with Crippen LogP contribution in [0.4, 0.5) is 5.69 Å². The van der Waals surface area contributed by atoms with E-state index in [4.69, 9.17) is 4.74 Å². The molecule has 0 aliphatic carbocycles. The van der Waals surface area contributed by atoms with Crippen molar-refractivity contribution in [2.75, 3.05) is 24.5 Å². The van der Waals surface area contributed by atoms with Gasteiger partial charge in [0.25, 0.3) is 10.0 Å². The lowest BCUT2D eigenvalue weighted by atomic mass is 10.0. The molecule has 8 nitrogen and oxygen atoms in total. The normalized spacial score (nSPS) is 11.8. The highest BCUT2D eigenvalue weighted by molar-refractivity contribution is 9.10. The highest BCUT2D eigenvalue weighted by Crippen LogP contribution is 2.33. The van der Waals surface area contributed by atoms with Crippen molar-refractivity contribution in [1.82, 2.24) is 10.2 Å². The second-order valence-corrected chi connectivity index (χ2v) is 13.4. The van der Waals surface area contributed by atoms with Crippen LogP contribution in [0.5, 0.6) is 5.75 Å². The first-order valence-corrected chi connectivity index (χ1v) is 16.9. The van der Waals surface area contributed by atoms with Crippen molar-refractivity contribution in [3.63, 3.8) is 0 Å². The highest BCUT2D eigenvalue weighted by atomic mass is 79.9. The number of carbonyl (C=O) groups is 2. The van der Waals surface area contributed by atoms with Gasteiger partial charge in [-0.3, -0.25) is 13.9 Å². The molecule has 10 heteroatoms. The van der Waals surface area contributed by atoms with Crippen LogP contribution in [-0.4, -0.2) is 51.4 Å². The Hall–Kier alpha value is -4.15. The minimum absolute atomic E-state index is 0.0341. The third-order valence-electron chi connectivity index (χ3n) is 7.30. The van der Waals surface area contributed by atoms with Crippen LogP contribution in [0.1, 0.15) is 30.0 Å². The van der Waals surface area contributed by atoms with Crippen molar-refractivity contribution in [3.8, 4) is 5.75 Å². The number of nitrogens with zero attached hydrogens (tertiary/aromatic N) is 2. The quantitative estimate of drug-likeness (QED) is 0.172. The van der Waals surface area contributed by atoms with Gasteiger partial charge in [0.2, 0.25) is 11.8 Å². The zero-order valence-electron chi connectivity index (χ0n) is 25.6. The van der Waals surface area contributed by atoms with Gasteiger partial charge in [-0.1, -0.05) is 95.1 Å². The van der Waals surface area contributed by atoms with Gasteiger partial charge < -0.3 is 15.0 Å². The number of benzene rings is 4. The molecule has 1 unspecified atom stereocenters. The second kappa shape index (κ2) is 15.7. The standard InChI is InChI=1S/C35H38BrN3O5S/c1-4-21-37-35(41)32(23-27-11-6-5-7-12-27)38(24-28-13-10-14-29(36)22-28)34(40)25-39(31-15-8-9-16-33(31)44-3)45(42,43)30-19-17-26(2)18-20-30/h5-20,22,32H,4,21,23-25H2,1-3H3,(H,37,41). The van der Waals surface area contributed by atoms with Gasteiger partial charge in [0.15, 0.2) is 0 Å². The van der Waals surface area contributed by atoms with Crippen LogP contribution in [0.3, 0.4) is 0 Å². The van der Waals surface area contributed by atoms with Crippen LogP contribution in [0.2, 0.25) is 0 Å². The van der Waals surface area contributed by atoms with E-state index in [1.165, 1.54) is 24.1 Å². The summed E-state index contributed by atoms with van der Waals surface area (Å²) in [4.78, 5) is 29.8. The summed E-state index contributed by atoms with van der Waals surface area (Å²) in [6.07, 6.45) is 0.968. The van der Waals surface area contributed by atoms with Crippen LogP contribution in [0.15, 0.2) is 112 Å². The Morgan fingerprint density at radius 1 is 0.889 bits per heavy atom. The lowest BCUT2D eigenvalue weighted by Gasteiger charge is -2.34. The third kappa shape index (κ3) is 8.73. The number of sulfonamides is 1. The highest BCUT2D eigenvalue weighted by Gasteiger charge is 2.35. The van der Waals surface area contributed by atoms with E-state index in [2.05, 4.69) is 21.2 Å². The number of anilines is 1. The van der Waals surface area contributed by atoms with E-state index in [-0.39, 0.29) is 29.5 Å². The number of aryl methyl sites for hydroxylation is 1. The molecule has 0 saturated carbocycles. The van der Waals surface area contributed by atoms with Gasteiger partial charge in [-0.15, -0.1) is 0 Å². The molecule has 236 valence electrons. The van der Waals surface area contributed by atoms with Crippen molar-refractivity contribution in [1.29, 1.82) is 0 Å². The van der Waals surface area contributed by atoms with E-state index in [0.29, 0.717) is 12.3 Å². The summed E-state index contributed by atoms with van der Waals surface area (Å²) < 4.78 is 35.9. The molecule has 0 bridgehead atoms. The molecule has 0 radical (unpaired) electrons. The van der Waals surface area contributed by atoms with Gasteiger partial charge in [-0.05, 0) is 60.9 Å². The van der Waals surface area contributed by atoms with Crippen LogP contribution in [0.25, 0.3) is 0 Å². The molecule has 2 amide bonds. The predicted octanol–water partition coefficient (Wildman–Crippen LogP) is 6.13. The molecule has 4 aromatic carbocycles. The zero-order chi connectivity index (χ0) is 32.4. The fourth-order valence-electron chi connectivity index (χ4n) is 4.94. The van der Waals surface area contributed by atoms with E-state index in [0.717, 1.165) is 31.9 Å². The second-order valence-electron chi connectivity index (χ2n) is 10.6. The summed E-state index contributed by atoms with van der Waals surface area (Å²) in [6, 6.07) is 29.2. The summed E-state index contributed by atoms with van der Waals surface area (Å²) in [5, 5.41) is 2.96. The Kier molecular flexibility index (Phi) is 11.8. The molecule has 0 aromatic heterocycles. The number of ether oxygens (including phenoxy) is 1. The van der Waals surface area contributed by atoms with Crippen LogP contribution in [-0.2, 0) is 32.6 Å². The van der Waals surface area contributed by atoms with E-state index < -0.39 is 28.5 Å². The van der Waals surface area contributed by atoms with Crippen LogP contribution >= 0.6 is 15.9 Å². The first-order chi connectivity index (χ1) is 21.6. The summed E-state index contributed by atoms with van der Waals surface area (Å²) in [7, 11) is -2.78. The zero-order valence-corrected chi connectivity index (χ0v) is 28.1. The van der Waals surface area contributed by atoms with E-state index in [1.54, 1.807) is 36.4 Å². The number of carbonyl (C=O) groups excluding carboxylic acids is 2. The van der Waals surface area contributed by atoms with Crippen LogP contribution in [0, 0.1) is 6.92 Å². The molecule has 1 N–H and O–H groups in total. The molecule has 0 spiro atoms. The number of amides is 2. The molecule has 0 saturated heterocycles. The first kappa shape index (κ1) is 33.7. The largest absolute Gasteiger partial charge is 0.495 e. The smallest absolute Gasteiger partial charge is 0.264 e. The fourth-order valence-corrected chi connectivity index (χ4v) is 6.81. The van der Waals surface area contributed by atoms with Crippen molar-refractivity contribution in [2.45, 2.75) is 44.2 Å². The van der Waals surface area contributed by atoms with Gasteiger partial charge in [0, 0.05) is 24.0 Å². The summed E-state index contributed by atoms with van der Waals surface area (Å²) in [5.41, 5.74) is 2.77. The maximum absolute atomic E-state index is 14.5. The maximum atomic E-state index is 14.5. The van der Waals surface area contributed by atoms with Crippen molar-refractivity contribution in [2.24, 2.45) is 0 Å². The fraction of sp³-hybridized carbons (Fsp3) is 0.257. The number of hydrogen-bond donors (Lipinski definition) is 1. The molecule has 0 aliphatic heterocycles. The van der Waals surface area contributed by atoms with E-state index >= 15 is 0 Å². The van der Waals surface area contributed by atoms with E-state index in [1.807, 2.05) is 68.4 Å². The molecule has 4 rings (SSSR count). The molecule has 0 heterocycles. The molecular weight excluding hydrogens is 654 g/mol. The third-order valence-corrected chi connectivity index (χ3v) is 9.57. The lowest BCUT2D eigenvalue weighted by molar-refractivity contribution is -0.140. The topological polar surface area (TPSA) is 96.0 Å². The SMILES string of the molecule is CCCNC(=O)C(Cc1ccccc1)N(Cc1cccc(Br)c1)C(=O)CN(c1ccccc1OC)S(=O)(=O)c1ccc(C)cc1. The monoisotopic (exact) mass is 691 g/mol. The molecular formula is C35H38BrN3O5S. The van der Waals surface area contributed by atoms with Gasteiger partial charge >= 0.3 is 0 Å². The van der Waals surface area contributed by atoms with Crippen LogP contribution < -0.4 is 14.4 Å². The van der Waals surface area contributed by atoms with Gasteiger partial charge in [-0.25, -0.2) is 8.42 Å². The molecule has 4 aromatic rings. The summed E-state index contributed by atoms with van der Waals surface area (Å²) in [6.45, 7) is 3.79. The average molecular weight is 693 g/mol. The lowest BCUT2D eigenvalue weighted by Crippen LogP contribution is -2.53. The molecule has 45 heavy (non-hydrogen) atoms. The van der Waals surface area contributed by atoms with Gasteiger partial charge in [0.1, 0.15) is 18.3 Å². The number of para-hydroxylation sites is 2. The van der Waals surface area contributed by atoms with Gasteiger partial charge in [0.05, 0.1) is 17.7 Å². The number of halogens is 1. The van der Waals surface area contributed by atoms with E-state index in [9.17, 15) is 18.0 Å². The minimum Gasteiger partial charge on any atom is -0.495 e. The molecule has 1 atom stereocenters. The Morgan fingerprint density at radius 2 is 1.56 bits per heavy atom. The Labute approximate surface area is 274 Å². The predicted molar refractivity (Wildman–Crippen MR) is 181 cm³/mol. The summed E-state index contributed by atoms with van der Waals surface area (Å²) in [5.74, 6) is -0.556. The van der Waals surface area contributed by atoms with Crippen molar-refractivity contribution in [3.05, 3.63) is 124 Å². The Bertz CT molecular complexity index is 1700. The molecule has 0 aliphatic rings. The first-order valence-electron chi connectivity index (χ1n) is 14.7. The molecule has 0 fully saturated rings. The average Bonchev–Trinajstić information content (AvgIpc) is 3.04. The number of hydrogen-bond acceptors (Lipinski definition) is 5. The Balaban J connectivity index is 1.82. The number of rotatable bonds is 14. The van der Waals surface area contributed by atoms with Gasteiger partial charge in [-0.2, -0.15) is 0 Å². The summed E-state index contributed by atoms with van der Waals surface area (Å²) >= 11 is 3.50. The maximum Gasteiger partial charge on any atom is 0.264 e. The number of methoxy groups -OCH3 is 1. The minimum atomic E-state index is -4.23. The van der Waals surface area contributed by atoms with Crippen molar-refractivity contribution >= 4 is 43.5 Å². The number of nitrogens with one attached hydrogen (secondary N) is 1.